The SMILES string of the molecule is Cc1ccc2cccc3c2c1-c1c(nc2c(C(C)(C)C)cccc2[n+]1C)O3. The molecule has 134 valence electrons. The summed E-state index contributed by atoms with van der Waals surface area (Å²) in [5, 5.41) is 2.37. The number of para-hydroxylation sites is 1. The first kappa shape index (κ1) is 16.2. The monoisotopic (exact) mass is 355 g/mol. The summed E-state index contributed by atoms with van der Waals surface area (Å²) in [6, 6.07) is 17.0. The van der Waals surface area contributed by atoms with Gasteiger partial charge in [-0.05, 0) is 34.9 Å². The molecule has 0 spiro atoms. The zero-order chi connectivity index (χ0) is 18.9. The lowest BCUT2D eigenvalue weighted by Gasteiger charge is -2.23. The van der Waals surface area contributed by atoms with E-state index in [1.165, 1.54) is 27.5 Å². The molecule has 1 aliphatic heterocycles. The number of nitrogens with zero attached hydrogens (tertiary/aromatic N) is 2. The second-order valence-electron chi connectivity index (χ2n) is 8.46. The molecular formula is C24H23N2O+. The Morgan fingerprint density at radius 1 is 0.963 bits per heavy atom. The molecule has 27 heavy (non-hydrogen) atoms. The fourth-order valence-electron chi connectivity index (χ4n) is 4.23. The van der Waals surface area contributed by atoms with Gasteiger partial charge in [0, 0.05) is 11.5 Å². The Morgan fingerprint density at radius 2 is 1.74 bits per heavy atom. The molecule has 5 rings (SSSR count). The van der Waals surface area contributed by atoms with E-state index < -0.39 is 0 Å². The summed E-state index contributed by atoms with van der Waals surface area (Å²) in [5.74, 6) is 1.58. The molecule has 0 amide bonds. The molecular weight excluding hydrogens is 332 g/mol. The van der Waals surface area contributed by atoms with Gasteiger partial charge in [0.05, 0.1) is 5.56 Å². The lowest BCUT2D eigenvalue weighted by molar-refractivity contribution is -0.634. The largest absolute Gasteiger partial charge is 0.433 e. The summed E-state index contributed by atoms with van der Waals surface area (Å²) in [6.45, 7) is 8.84. The quantitative estimate of drug-likeness (QED) is 0.338. The van der Waals surface area contributed by atoms with Crippen molar-refractivity contribution in [3.05, 3.63) is 59.7 Å². The van der Waals surface area contributed by atoms with Gasteiger partial charge in [0.1, 0.15) is 18.3 Å². The maximum atomic E-state index is 6.33. The van der Waals surface area contributed by atoms with Gasteiger partial charge in [0.15, 0.2) is 0 Å². The highest BCUT2D eigenvalue weighted by Gasteiger charge is 2.33. The third-order valence-corrected chi connectivity index (χ3v) is 5.59. The topological polar surface area (TPSA) is 26.0 Å². The van der Waals surface area contributed by atoms with Crippen LogP contribution >= 0.6 is 0 Å². The Kier molecular flexibility index (Phi) is 3.18. The zero-order valence-corrected chi connectivity index (χ0v) is 16.4. The van der Waals surface area contributed by atoms with Crippen molar-refractivity contribution in [3.8, 4) is 22.9 Å². The summed E-state index contributed by atoms with van der Waals surface area (Å²) >= 11 is 0. The van der Waals surface area contributed by atoms with Gasteiger partial charge < -0.3 is 4.74 Å². The van der Waals surface area contributed by atoms with Crippen LogP contribution in [0.3, 0.4) is 0 Å². The van der Waals surface area contributed by atoms with Gasteiger partial charge in [-0.3, -0.25) is 0 Å². The van der Waals surface area contributed by atoms with Crippen molar-refractivity contribution in [2.24, 2.45) is 7.05 Å². The number of hydrogen-bond donors (Lipinski definition) is 0. The highest BCUT2D eigenvalue weighted by molar-refractivity contribution is 6.04. The summed E-state index contributed by atoms with van der Waals surface area (Å²) in [4.78, 5) is 5.03. The van der Waals surface area contributed by atoms with Crippen LogP contribution < -0.4 is 9.30 Å². The maximum absolute atomic E-state index is 6.33. The summed E-state index contributed by atoms with van der Waals surface area (Å²) in [5.41, 5.74) is 6.89. The van der Waals surface area contributed by atoms with Crippen LogP contribution in [0.25, 0.3) is 33.1 Å². The first-order valence-electron chi connectivity index (χ1n) is 9.40. The fraction of sp³-hybridized carbons (Fsp3) is 0.250. The minimum absolute atomic E-state index is 0.0102. The van der Waals surface area contributed by atoms with Gasteiger partial charge in [0.25, 0.3) is 11.6 Å². The lowest BCUT2D eigenvalue weighted by atomic mass is 9.86. The van der Waals surface area contributed by atoms with Crippen LogP contribution in [0.2, 0.25) is 0 Å². The molecule has 4 aromatic rings. The fourth-order valence-corrected chi connectivity index (χ4v) is 4.23. The van der Waals surface area contributed by atoms with Crippen molar-refractivity contribution in [3.63, 3.8) is 0 Å². The van der Waals surface area contributed by atoms with E-state index >= 15 is 0 Å². The molecule has 0 bridgehead atoms. The van der Waals surface area contributed by atoms with Crippen LogP contribution in [-0.4, -0.2) is 4.98 Å². The lowest BCUT2D eigenvalue weighted by Crippen LogP contribution is -2.35. The van der Waals surface area contributed by atoms with Gasteiger partial charge in [-0.25, -0.2) is 4.98 Å². The average Bonchev–Trinajstić information content (AvgIpc) is 2.63. The Morgan fingerprint density at radius 3 is 2.52 bits per heavy atom. The van der Waals surface area contributed by atoms with E-state index in [-0.39, 0.29) is 5.41 Å². The minimum Gasteiger partial charge on any atom is -0.433 e. The Bertz CT molecular complexity index is 1250. The van der Waals surface area contributed by atoms with E-state index in [9.17, 15) is 0 Å². The Hall–Kier alpha value is -2.94. The van der Waals surface area contributed by atoms with Crippen molar-refractivity contribution < 1.29 is 9.30 Å². The van der Waals surface area contributed by atoms with Crippen LogP contribution in [0.1, 0.15) is 31.9 Å². The molecule has 0 unspecified atom stereocenters. The van der Waals surface area contributed by atoms with Gasteiger partial charge in [-0.15, -0.1) is 0 Å². The molecule has 3 aromatic carbocycles. The number of hydrogen-bond acceptors (Lipinski definition) is 2. The van der Waals surface area contributed by atoms with Gasteiger partial charge in [-0.1, -0.05) is 57.2 Å². The van der Waals surface area contributed by atoms with Crippen molar-refractivity contribution in [2.75, 3.05) is 0 Å². The van der Waals surface area contributed by atoms with Crippen molar-refractivity contribution in [2.45, 2.75) is 33.1 Å². The number of aromatic nitrogens is 2. The number of fused-ring (bicyclic) bond motifs is 3. The van der Waals surface area contributed by atoms with Gasteiger partial charge in [0.2, 0.25) is 5.52 Å². The predicted octanol–water partition coefficient (Wildman–Crippen LogP) is 5.59. The molecule has 0 atom stereocenters. The van der Waals surface area contributed by atoms with E-state index in [1.54, 1.807) is 0 Å². The summed E-state index contributed by atoms with van der Waals surface area (Å²) < 4.78 is 8.57. The third kappa shape index (κ3) is 2.21. The molecule has 1 aliphatic rings. The van der Waals surface area contributed by atoms with Crippen LogP contribution in [0.5, 0.6) is 11.6 Å². The highest BCUT2D eigenvalue weighted by Crippen LogP contribution is 2.46. The molecule has 0 N–H and O–H groups in total. The van der Waals surface area contributed by atoms with Crippen molar-refractivity contribution >= 4 is 21.8 Å². The van der Waals surface area contributed by atoms with E-state index in [2.05, 4.69) is 75.7 Å². The molecule has 2 heterocycles. The number of aryl methyl sites for hydroxylation is 2. The van der Waals surface area contributed by atoms with Crippen LogP contribution in [-0.2, 0) is 12.5 Å². The van der Waals surface area contributed by atoms with Crippen molar-refractivity contribution in [1.29, 1.82) is 0 Å². The first-order chi connectivity index (χ1) is 12.9. The smallest absolute Gasteiger partial charge is 0.294 e. The number of ether oxygens (including phenoxy) is 1. The molecule has 0 saturated heterocycles. The van der Waals surface area contributed by atoms with Crippen LogP contribution in [0, 0.1) is 6.92 Å². The molecule has 0 saturated carbocycles. The number of benzene rings is 3. The summed E-state index contributed by atoms with van der Waals surface area (Å²) in [7, 11) is 2.12. The molecule has 0 fully saturated rings. The first-order valence-corrected chi connectivity index (χ1v) is 9.40. The molecule has 3 heteroatoms. The van der Waals surface area contributed by atoms with Gasteiger partial charge >= 0.3 is 0 Å². The second-order valence-corrected chi connectivity index (χ2v) is 8.46. The predicted molar refractivity (Wildman–Crippen MR) is 109 cm³/mol. The molecule has 0 aliphatic carbocycles. The van der Waals surface area contributed by atoms with Crippen LogP contribution in [0.15, 0.2) is 48.5 Å². The van der Waals surface area contributed by atoms with Gasteiger partial charge in [-0.2, -0.15) is 4.57 Å². The second kappa shape index (κ2) is 5.29. The zero-order valence-electron chi connectivity index (χ0n) is 16.4. The molecule has 3 nitrogen and oxygen atoms in total. The standard InChI is InChI=1S/C24H23N2O/c1-14-12-13-15-8-6-11-18-20(15)19(14)22-23(27-18)25-21-16(24(2,3)4)9-7-10-17(21)26(22)5/h6-13H,1-5H3/q+1. The van der Waals surface area contributed by atoms with E-state index in [4.69, 9.17) is 9.72 Å². The maximum Gasteiger partial charge on any atom is 0.294 e. The summed E-state index contributed by atoms with van der Waals surface area (Å²) in [6.07, 6.45) is 0. The number of rotatable bonds is 0. The molecule has 1 aromatic heterocycles. The van der Waals surface area contributed by atoms with E-state index in [0.29, 0.717) is 5.88 Å². The normalized spacial score (nSPS) is 12.9. The molecule has 0 radical (unpaired) electrons. The Balaban J connectivity index is 1.96. The highest BCUT2D eigenvalue weighted by atomic mass is 16.5. The average molecular weight is 355 g/mol. The minimum atomic E-state index is 0.0102. The Labute approximate surface area is 159 Å². The van der Waals surface area contributed by atoms with Crippen molar-refractivity contribution in [1.82, 2.24) is 4.98 Å². The van der Waals surface area contributed by atoms with Crippen LogP contribution in [0.4, 0.5) is 0 Å². The van der Waals surface area contributed by atoms with E-state index in [0.717, 1.165) is 22.5 Å². The van der Waals surface area contributed by atoms with E-state index in [1.807, 2.05) is 12.1 Å². The third-order valence-electron chi connectivity index (χ3n) is 5.59.